The van der Waals surface area contributed by atoms with Crippen molar-refractivity contribution in [2.45, 2.75) is 5.92 Å². The number of rotatable bonds is 4. The van der Waals surface area contributed by atoms with Crippen LogP contribution in [0, 0.1) is 0 Å². The van der Waals surface area contributed by atoms with Gasteiger partial charge in [-0.1, -0.05) is 12.1 Å². The maximum Gasteiger partial charge on any atom is 0.311 e. The van der Waals surface area contributed by atoms with Crippen molar-refractivity contribution in [3.05, 3.63) is 29.8 Å². The van der Waals surface area contributed by atoms with Crippen molar-refractivity contribution in [3.63, 3.8) is 0 Å². The molecule has 6 heteroatoms. The summed E-state index contributed by atoms with van der Waals surface area (Å²) in [6.07, 6.45) is 0. The lowest BCUT2D eigenvalue weighted by atomic mass is 10.0. The molecule has 1 unspecified atom stereocenters. The molecule has 0 aliphatic heterocycles. The molecule has 0 radical (unpaired) electrons. The monoisotopic (exact) mass is 239 g/mol. The van der Waals surface area contributed by atoms with Crippen LogP contribution in [0.4, 0.5) is 5.69 Å². The number of nitrogens with two attached hydrogens (primary N) is 2. The number of carboxylic acid groups (broad SMARTS) is 1. The average Bonchev–Trinajstić information content (AvgIpc) is 2.20. The molecule has 0 saturated carbocycles. The fraction of sp³-hybridized carbons (Fsp3) is 0.200. The van der Waals surface area contributed by atoms with E-state index in [1.807, 2.05) is 0 Å². The van der Waals surface area contributed by atoms with Crippen LogP contribution in [0.1, 0.15) is 11.5 Å². The van der Waals surface area contributed by atoms with Gasteiger partial charge in [0.2, 0.25) is 0 Å². The van der Waals surface area contributed by atoms with Crippen LogP contribution in [0.5, 0.6) is 0 Å². The molecule has 0 heterocycles. The lowest BCUT2D eigenvalue weighted by molar-refractivity contribution is -0.138. The van der Waals surface area contributed by atoms with Gasteiger partial charge in [0.15, 0.2) is 5.96 Å². The minimum absolute atomic E-state index is 0.0308. The molecular weight excluding hydrogens is 226 g/mol. The van der Waals surface area contributed by atoms with E-state index in [4.69, 9.17) is 16.6 Å². The van der Waals surface area contributed by atoms with Crippen LogP contribution in [-0.4, -0.2) is 22.8 Å². The second-order valence-electron chi connectivity index (χ2n) is 3.20. The molecule has 0 aliphatic rings. The van der Waals surface area contributed by atoms with Crippen LogP contribution in [0.15, 0.2) is 29.3 Å². The molecule has 5 nitrogen and oxygen atoms in total. The van der Waals surface area contributed by atoms with Gasteiger partial charge in [0.25, 0.3) is 0 Å². The molecule has 1 aromatic carbocycles. The molecule has 86 valence electrons. The van der Waals surface area contributed by atoms with Gasteiger partial charge in [0, 0.05) is 5.75 Å². The third kappa shape index (κ3) is 3.16. The maximum atomic E-state index is 10.9. The van der Waals surface area contributed by atoms with Gasteiger partial charge in [-0.05, 0) is 17.7 Å². The van der Waals surface area contributed by atoms with Crippen LogP contribution in [-0.2, 0) is 4.79 Å². The van der Waals surface area contributed by atoms with Gasteiger partial charge in [-0.2, -0.15) is 12.6 Å². The highest BCUT2D eigenvalue weighted by Gasteiger charge is 2.17. The second kappa shape index (κ2) is 5.41. The van der Waals surface area contributed by atoms with E-state index in [-0.39, 0.29) is 11.7 Å². The summed E-state index contributed by atoms with van der Waals surface area (Å²) in [7, 11) is 0. The second-order valence-corrected chi connectivity index (χ2v) is 3.57. The summed E-state index contributed by atoms with van der Waals surface area (Å²) in [5, 5.41) is 8.92. The zero-order valence-electron chi connectivity index (χ0n) is 8.50. The summed E-state index contributed by atoms with van der Waals surface area (Å²) in [4.78, 5) is 14.7. The molecule has 16 heavy (non-hydrogen) atoms. The van der Waals surface area contributed by atoms with Crippen LogP contribution in [0.3, 0.4) is 0 Å². The predicted octanol–water partition coefficient (Wildman–Crippen LogP) is 0.689. The number of carbonyl (C=O) groups is 1. The standard InChI is InChI=1S/C10H13N3O2S/c11-10(12)13-7-3-1-6(2-4-7)8(5-16)9(14)15/h1-4,8,16H,5H2,(H,14,15)(H4,11,12,13). The number of hydrogen-bond acceptors (Lipinski definition) is 3. The SMILES string of the molecule is NC(N)=Nc1ccc(C(CS)C(=O)O)cc1. The summed E-state index contributed by atoms with van der Waals surface area (Å²) in [6, 6.07) is 6.68. The van der Waals surface area contributed by atoms with E-state index in [1.54, 1.807) is 24.3 Å². The van der Waals surface area contributed by atoms with E-state index in [0.717, 1.165) is 0 Å². The number of thiol groups is 1. The molecule has 0 saturated heterocycles. The van der Waals surface area contributed by atoms with E-state index >= 15 is 0 Å². The van der Waals surface area contributed by atoms with Crippen molar-refractivity contribution in [2.24, 2.45) is 16.5 Å². The Morgan fingerprint density at radius 3 is 2.31 bits per heavy atom. The number of aliphatic imine (C=N–C) groups is 1. The van der Waals surface area contributed by atoms with Crippen molar-refractivity contribution >= 4 is 30.2 Å². The molecule has 0 spiro atoms. The zero-order valence-corrected chi connectivity index (χ0v) is 9.39. The number of aliphatic carboxylic acids is 1. The summed E-state index contributed by atoms with van der Waals surface area (Å²) >= 11 is 4.00. The Morgan fingerprint density at radius 1 is 1.38 bits per heavy atom. The Hall–Kier alpha value is -1.69. The highest BCUT2D eigenvalue weighted by atomic mass is 32.1. The van der Waals surface area contributed by atoms with Crippen molar-refractivity contribution in [1.82, 2.24) is 0 Å². The first-order valence-corrected chi connectivity index (χ1v) is 5.21. The number of benzene rings is 1. The van der Waals surface area contributed by atoms with Crippen molar-refractivity contribution in [1.29, 1.82) is 0 Å². The first-order valence-electron chi connectivity index (χ1n) is 4.58. The minimum atomic E-state index is -0.899. The predicted molar refractivity (Wildman–Crippen MR) is 66.1 cm³/mol. The number of carboxylic acids is 1. The maximum absolute atomic E-state index is 10.9. The summed E-state index contributed by atoms with van der Waals surface area (Å²) < 4.78 is 0. The smallest absolute Gasteiger partial charge is 0.311 e. The van der Waals surface area contributed by atoms with Gasteiger partial charge < -0.3 is 16.6 Å². The topological polar surface area (TPSA) is 102 Å². The third-order valence-electron chi connectivity index (χ3n) is 2.03. The van der Waals surface area contributed by atoms with Crippen molar-refractivity contribution in [2.75, 3.05) is 5.75 Å². The molecule has 0 amide bonds. The van der Waals surface area contributed by atoms with E-state index < -0.39 is 11.9 Å². The zero-order chi connectivity index (χ0) is 12.1. The summed E-state index contributed by atoms with van der Waals surface area (Å²) in [5.74, 6) is -1.30. The van der Waals surface area contributed by atoms with Gasteiger partial charge >= 0.3 is 5.97 Å². The third-order valence-corrected chi connectivity index (χ3v) is 2.40. The molecular formula is C10H13N3O2S. The number of guanidine groups is 1. The Bertz CT molecular complexity index is 399. The molecule has 5 N–H and O–H groups in total. The molecule has 1 atom stereocenters. The molecule has 1 rings (SSSR count). The van der Waals surface area contributed by atoms with E-state index in [1.165, 1.54) is 0 Å². The van der Waals surface area contributed by atoms with Crippen LogP contribution in [0.25, 0.3) is 0 Å². The van der Waals surface area contributed by atoms with Crippen molar-refractivity contribution in [3.8, 4) is 0 Å². The fourth-order valence-electron chi connectivity index (χ4n) is 1.26. The van der Waals surface area contributed by atoms with Gasteiger partial charge in [-0.15, -0.1) is 0 Å². The highest BCUT2D eigenvalue weighted by Crippen LogP contribution is 2.21. The Morgan fingerprint density at radius 2 is 1.94 bits per heavy atom. The number of hydrogen-bond donors (Lipinski definition) is 4. The van der Waals surface area contributed by atoms with Crippen LogP contribution < -0.4 is 11.5 Å². The Kier molecular flexibility index (Phi) is 4.19. The van der Waals surface area contributed by atoms with Crippen LogP contribution in [0.2, 0.25) is 0 Å². The minimum Gasteiger partial charge on any atom is -0.481 e. The van der Waals surface area contributed by atoms with E-state index in [9.17, 15) is 4.79 Å². The summed E-state index contributed by atoms with van der Waals surface area (Å²) in [6.45, 7) is 0. The number of nitrogens with zero attached hydrogens (tertiary/aromatic N) is 1. The lowest BCUT2D eigenvalue weighted by Gasteiger charge is -2.09. The summed E-state index contributed by atoms with van der Waals surface area (Å²) in [5.41, 5.74) is 11.7. The molecule has 1 aromatic rings. The molecule has 0 aliphatic carbocycles. The Labute approximate surface area is 98.6 Å². The average molecular weight is 239 g/mol. The van der Waals surface area contributed by atoms with Gasteiger partial charge in [-0.25, -0.2) is 4.99 Å². The first-order chi connectivity index (χ1) is 7.54. The molecule has 0 aromatic heterocycles. The highest BCUT2D eigenvalue weighted by molar-refractivity contribution is 7.80. The van der Waals surface area contributed by atoms with Gasteiger partial charge in [-0.3, -0.25) is 4.79 Å². The first kappa shape index (κ1) is 12.4. The quantitative estimate of drug-likeness (QED) is 0.352. The van der Waals surface area contributed by atoms with Gasteiger partial charge in [0.1, 0.15) is 0 Å². The largest absolute Gasteiger partial charge is 0.481 e. The fourth-order valence-corrected chi connectivity index (χ4v) is 1.62. The molecule has 0 fully saturated rings. The normalized spacial score (nSPS) is 11.8. The van der Waals surface area contributed by atoms with Crippen molar-refractivity contribution < 1.29 is 9.90 Å². The van der Waals surface area contributed by atoms with Gasteiger partial charge in [0.05, 0.1) is 11.6 Å². The van der Waals surface area contributed by atoms with Crippen LogP contribution >= 0.6 is 12.6 Å². The lowest BCUT2D eigenvalue weighted by Crippen LogP contribution is -2.21. The van der Waals surface area contributed by atoms with E-state index in [2.05, 4.69) is 17.6 Å². The Balaban J connectivity index is 2.93. The van der Waals surface area contributed by atoms with E-state index in [0.29, 0.717) is 11.3 Å². The molecule has 0 bridgehead atoms.